The van der Waals surface area contributed by atoms with Gasteiger partial charge in [0, 0.05) is 16.9 Å². The molecule has 0 bridgehead atoms. The van der Waals surface area contributed by atoms with E-state index >= 15 is 0 Å². The van der Waals surface area contributed by atoms with Gasteiger partial charge in [0.1, 0.15) is 11.6 Å². The molecule has 0 unspecified atom stereocenters. The molecular weight excluding hydrogens is 504 g/mol. The minimum absolute atomic E-state index is 0.201. The summed E-state index contributed by atoms with van der Waals surface area (Å²) >= 11 is 0. The number of aromatic hydroxyl groups is 1. The van der Waals surface area contributed by atoms with E-state index in [1.54, 1.807) is 6.07 Å². The zero-order chi connectivity index (χ0) is 27.6. The molecule has 7 rings (SSSR count). The number of para-hydroxylation sites is 5. The Morgan fingerprint density at radius 1 is 0.634 bits per heavy atom. The maximum Gasteiger partial charge on any atom is 0.269 e. The molecule has 0 fully saturated rings. The average molecular weight is 531 g/mol. The van der Waals surface area contributed by atoms with Crippen molar-refractivity contribution in [3.63, 3.8) is 0 Å². The quantitative estimate of drug-likeness (QED) is 0.175. The minimum Gasteiger partial charge on any atom is -0.507 e. The van der Waals surface area contributed by atoms with Gasteiger partial charge in [-0.1, -0.05) is 84.9 Å². The highest BCUT2D eigenvalue weighted by Crippen LogP contribution is 2.36. The van der Waals surface area contributed by atoms with Crippen LogP contribution in [-0.4, -0.2) is 14.7 Å². The Labute approximate surface area is 238 Å². The molecule has 0 atom stereocenters. The summed E-state index contributed by atoms with van der Waals surface area (Å²) in [5, 5.41) is 10.5. The number of hydrogen-bond acceptors (Lipinski definition) is 3. The first-order valence-electron chi connectivity index (χ1n) is 13.5. The van der Waals surface area contributed by atoms with E-state index in [2.05, 4.69) is 93.2 Å². The fraction of sp³-hybridized carbons (Fsp3) is 0. The molecule has 5 nitrogen and oxygen atoms in total. The molecule has 0 aliphatic heterocycles. The molecule has 0 aliphatic rings. The SMILES string of the molecule is Oc1ccccc1-c1cccc(N(c2ccccc2)c2cccc(-n3[c-][n+](-c4ccccc4)c4ccccc43)c2)n1. The van der Waals surface area contributed by atoms with Gasteiger partial charge in [-0.25, -0.2) is 4.98 Å². The monoisotopic (exact) mass is 530 g/mol. The Morgan fingerprint density at radius 3 is 2.15 bits per heavy atom. The first-order chi connectivity index (χ1) is 20.3. The molecular formula is C36H26N4O. The number of rotatable bonds is 6. The maximum absolute atomic E-state index is 10.5. The van der Waals surface area contributed by atoms with Crippen LogP contribution in [-0.2, 0) is 0 Å². The van der Waals surface area contributed by atoms with Crippen molar-refractivity contribution in [2.75, 3.05) is 4.90 Å². The van der Waals surface area contributed by atoms with Crippen LogP contribution in [0.2, 0.25) is 0 Å². The van der Waals surface area contributed by atoms with E-state index in [0.717, 1.165) is 39.6 Å². The van der Waals surface area contributed by atoms with Crippen LogP contribution in [0.25, 0.3) is 33.7 Å². The summed E-state index contributed by atoms with van der Waals surface area (Å²) in [6.45, 7) is 0. The van der Waals surface area contributed by atoms with Crippen molar-refractivity contribution >= 4 is 28.2 Å². The lowest BCUT2D eigenvalue weighted by Crippen LogP contribution is -2.29. The normalized spacial score (nSPS) is 11.0. The molecule has 5 heteroatoms. The van der Waals surface area contributed by atoms with Crippen LogP contribution >= 0.6 is 0 Å². The molecule has 2 aromatic heterocycles. The Balaban J connectivity index is 1.38. The summed E-state index contributed by atoms with van der Waals surface area (Å²) < 4.78 is 4.19. The van der Waals surface area contributed by atoms with Crippen molar-refractivity contribution in [2.24, 2.45) is 0 Å². The highest BCUT2D eigenvalue weighted by molar-refractivity contribution is 5.79. The van der Waals surface area contributed by atoms with Crippen molar-refractivity contribution < 1.29 is 9.67 Å². The first-order valence-corrected chi connectivity index (χ1v) is 13.5. The summed E-state index contributed by atoms with van der Waals surface area (Å²) in [5.41, 5.74) is 7.48. The van der Waals surface area contributed by atoms with Crippen molar-refractivity contribution in [1.29, 1.82) is 0 Å². The van der Waals surface area contributed by atoms with Crippen LogP contribution in [0, 0.1) is 6.33 Å². The van der Waals surface area contributed by atoms with E-state index in [-0.39, 0.29) is 5.75 Å². The Kier molecular flexibility index (Phi) is 6.22. The molecule has 0 saturated carbocycles. The van der Waals surface area contributed by atoms with Crippen molar-refractivity contribution in [3.8, 4) is 28.4 Å². The standard InChI is InChI=1S/C36H26N4O/c41-35-23-10-7-19-31(35)32-20-12-24-36(37-32)40(28-15-5-2-6-16-28)30-18-11-17-29(25-30)39-26-38(27-13-3-1-4-14-27)33-21-8-9-22-34(33)39/h1-25,41H. The van der Waals surface area contributed by atoms with E-state index in [0.29, 0.717) is 11.3 Å². The number of hydrogen-bond donors (Lipinski definition) is 1. The second-order valence-electron chi connectivity index (χ2n) is 9.68. The number of anilines is 3. The number of benzene rings is 5. The number of phenolic OH excluding ortho intramolecular Hbond substituents is 1. The molecule has 0 aliphatic carbocycles. The van der Waals surface area contributed by atoms with Gasteiger partial charge < -0.3 is 5.11 Å². The molecule has 196 valence electrons. The predicted molar refractivity (Wildman–Crippen MR) is 163 cm³/mol. The molecule has 5 aromatic carbocycles. The van der Waals surface area contributed by atoms with Gasteiger partial charge in [-0.3, -0.25) is 14.0 Å². The largest absolute Gasteiger partial charge is 0.507 e. The smallest absolute Gasteiger partial charge is 0.269 e. The average Bonchev–Trinajstić information content (AvgIpc) is 3.43. The Morgan fingerprint density at radius 2 is 1.32 bits per heavy atom. The third kappa shape index (κ3) is 4.60. The van der Waals surface area contributed by atoms with Gasteiger partial charge in [0.2, 0.25) is 0 Å². The summed E-state index contributed by atoms with van der Waals surface area (Å²) in [5.74, 6) is 0.946. The Bertz CT molecular complexity index is 1970. The van der Waals surface area contributed by atoms with Gasteiger partial charge >= 0.3 is 0 Å². The van der Waals surface area contributed by atoms with Gasteiger partial charge in [0.15, 0.2) is 0 Å². The second kappa shape index (κ2) is 10.5. The van der Waals surface area contributed by atoms with E-state index in [9.17, 15) is 5.11 Å². The molecule has 0 saturated heterocycles. The van der Waals surface area contributed by atoms with E-state index < -0.39 is 0 Å². The van der Waals surface area contributed by atoms with Gasteiger partial charge in [-0.05, 0) is 66.7 Å². The third-order valence-electron chi connectivity index (χ3n) is 7.08. The van der Waals surface area contributed by atoms with Crippen LogP contribution in [0.3, 0.4) is 0 Å². The fourth-order valence-electron chi connectivity index (χ4n) is 5.17. The highest BCUT2D eigenvalue weighted by atomic mass is 16.3. The first kappa shape index (κ1) is 24.4. The highest BCUT2D eigenvalue weighted by Gasteiger charge is 2.17. The van der Waals surface area contributed by atoms with E-state index in [1.807, 2.05) is 72.8 Å². The molecule has 1 N–H and O–H groups in total. The summed E-state index contributed by atoms with van der Waals surface area (Å²) in [7, 11) is 0. The number of fused-ring (bicyclic) bond motifs is 1. The number of pyridine rings is 1. The molecule has 41 heavy (non-hydrogen) atoms. The lowest BCUT2D eigenvalue weighted by atomic mass is 10.1. The lowest BCUT2D eigenvalue weighted by Gasteiger charge is -2.25. The molecule has 0 amide bonds. The number of phenols is 1. The van der Waals surface area contributed by atoms with Crippen LogP contribution in [0.5, 0.6) is 5.75 Å². The summed E-state index contributed by atoms with van der Waals surface area (Å²) in [4.78, 5) is 7.13. The zero-order valence-electron chi connectivity index (χ0n) is 22.2. The van der Waals surface area contributed by atoms with Crippen LogP contribution < -0.4 is 9.47 Å². The summed E-state index contributed by atoms with van der Waals surface area (Å²) in [6, 6.07) is 50.4. The van der Waals surface area contributed by atoms with Crippen molar-refractivity contribution in [1.82, 2.24) is 9.55 Å². The number of aromatic nitrogens is 3. The van der Waals surface area contributed by atoms with Crippen LogP contribution in [0.15, 0.2) is 152 Å². The minimum atomic E-state index is 0.201. The van der Waals surface area contributed by atoms with Gasteiger partial charge in [0.25, 0.3) is 6.33 Å². The lowest BCUT2D eigenvalue weighted by molar-refractivity contribution is -0.572. The molecule has 7 aromatic rings. The predicted octanol–water partition coefficient (Wildman–Crippen LogP) is 7.94. The number of imidazole rings is 1. The fourth-order valence-corrected chi connectivity index (χ4v) is 5.17. The van der Waals surface area contributed by atoms with Crippen molar-refractivity contribution in [2.45, 2.75) is 0 Å². The summed E-state index contributed by atoms with van der Waals surface area (Å²) in [6.07, 6.45) is 3.58. The van der Waals surface area contributed by atoms with Crippen LogP contribution in [0.1, 0.15) is 0 Å². The topological polar surface area (TPSA) is 45.2 Å². The molecule has 2 heterocycles. The molecule has 0 spiro atoms. The third-order valence-corrected chi connectivity index (χ3v) is 7.08. The zero-order valence-corrected chi connectivity index (χ0v) is 22.2. The maximum atomic E-state index is 10.5. The van der Waals surface area contributed by atoms with Gasteiger partial charge in [-0.15, -0.1) is 0 Å². The molecule has 0 radical (unpaired) electrons. The van der Waals surface area contributed by atoms with E-state index in [1.165, 1.54) is 0 Å². The second-order valence-corrected chi connectivity index (χ2v) is 9.68. The Hall–Kier alpha value is -5.68. The van der Waals surface area contributed by atoms with Gasteiger partial charge in [0.05, 0.1) is 28.1 Å². The number of nitrogens with zero attached hydrogens (tertiary/aromatic N) is 4. The van der Waals surface area contributed by atoms with Crippen molar-refractivity contribution in [3.05, 3.63) is 158 Å². The van der Waals surface area contributed by atoms with Crippen LogP contribution in [0.4, 0.5) is 17.2 Å². The van der Waals surface area contributed by atoms with E-state index in [4.69, 9.17) is 4.98 Å². The van der Waals surface area contributed by atoms with Gasteiger partial charge in [-0.2, -0.15) is 0 Å².